The number of halogens is 3. The number of sulfonamides is 1. The maximum absolute atomic E-state index is 13.6. The van der Waals surface area contributed by atoms with E-state index in [-0.39, 0.29) is 16.5 Å². The van der Waals surface area contributed by atoms with Gasteiger partial charge in [0.15, 0.2) is 5.82 Å². The number of nitrogens with one attached hydrogen (secondary N) is 1. The summed E-state index contributed by atoms with van der Waals surface area (Å²) in [6.07, 6.45) is 0. The standard InChI is InChI=1S/C12H10ClF2NO3S2/c1-6-11(4-8(5-17)20-6)21(18,19)16-12-9(13)2-7(14)3-10(12)15/h2-4,16-17H,5H2,1H3. The molecule has 0 aliphatic carbocycles. The molecule has 2 aromatic rings. The Hall–Kier alpha value is -1.22. The zero-order valence-corrected chi connectivity index (χ0v) is 13.0. The average Bonchev–Trinajstić information content (AvgIpc) is 2.76. The first-order valence-corrected chi connectivity index (χ1v) is 8.30. The summed E-state index contributed by atoms with van der Waals surface area (Å²) >= 11 is 6.76. The van der Waals surface area contributed by atoms with E-state index in [1.807, 2.05) is 4.72 Å². The van der Waals surface area contributed by atoms with Crippen molar-refractivity contribution in [2.75, 3.05) is 4.72 Å². The van der Waals surface area contributed by atoms with Gasteiger partial charge in [0, 0.05) is 15.8 Å². The lowest BCUT2D eigenvalue weighted by molar-refractivity contribution is 0.285. The molecule has 1 aromatic heterocycles. The summed E-state index contributed by atoms with van der Waals surface area (Å²) in [6, 6.07) is 2.63. The van der Waals surface area contributed by atoms with Gasteiger partial charge in [0.2, 0.25) is 0 Å². The smallest absolute Gasteiger partial charge is 0.263 e. The van der Waals surface area contributed by atoms with Crippen LogP contribution < -0.4 is 4.72 Å². The van der Waals surface area contributed by atoms with E-state index in [0.29, 0.717) is 15.8 Å². The van der Waals surface area contributed by atoms with Crippen molar-refractivity contribution in [1.82, 2.24) is 0 Å². The molecule has 0 radical (unpaired) electrons. The molecule has 9 heteroatoms. The third-order valence-corrected chi connectivity index (χ3v) is 5.55. The fourth-order valence-electron chi connectivity index (χ4n) is 1.70. The molecule has 0 amide bonds. The molecule has 114 valence electrons. The van der Waals surface area contributed by atoms with E-state index in [1.165, 1.54) is 6.07 Å². The van der Waals surface area contributed by atoms with Gasteiger partial charge in [0.1, 0.15) is 16.4 Å². The fourth-order valence-corrected chi connectivity index (χ4v) is 4.58. The Morgan fingerprint density at radius 2 is 2.00 bits per heavy atom. The number of aryl methyl sites for hydroxylation is 1. The molecule has 21 heavy (non-hydrogen) atoms. The Kier molecular flexibility index (Phi) is 4.52. The van der Waals surface area contributed by atoms with E-state index in [0.717, 1.165) is 17.4 Å². The SMILES string of the molecule is Cc1sc(CO)cc1S(=O)(=O)Nc1c(F)cc(F)cc1Cl. The minimum absolute atomic E-state index is 0.0867. The lowest BCUT2D eigenvalue weighted by atomic mass is 10.3. The maximum atomic E-state index is 13.6. The molecule has 0 bridgehead atoms. The highest BCUT2D eigenvalue weighted by molar-refractivity contribution is 7.93. The van der Waals surface area contributed by atoms with Gasteiger partial charge in [-0.2, -0.15) is 0 Å². The van der Waals surface area contributed by atoms with Crippen molar-refractivity contribution >= 4 is 38.6 Å². The Balaban J connectivity index is 2.44. The molecule has 0 aliphatic heterocycles. The van der Waals surface area contributed by atoms with Crippen LogP contribution in [0.5, 0.6) is 0 Å². The van der Waals surface area contributed by atoms with E-state index in [1.54, 1.807) is 6.92 Å². The molecule has 0 fully saturated rings. The summed E-state index contributed by atoms with van der Waals surface area (Å²) in [4.78, 5) is 0.806. The average molecular weight is 354 g/mol. The molecule has 0 saturated carbocycles. The van der Waals surface area contributed by atoms with Crippen LogP contribution in [0.15, 0.2) is 23.1 Å². The van der Waals surface area contributed by atoms with E-state index < -0.39 is 27.3 Å². The van der Waals surface area contributed by atoms with Crippen LogP contribution in [0.2, 0.25) is 5.02 Å². The molecule has 4 nitrogen and oxygen atoms in total. The number of aliphatic hydroxyl groups excluding tert-OH is 1. The van der Waals surface area contributed by atoms with Gasteiger partial charge in [0.05, 0.1) is 11.6 Å². The van der Waals surface area contributed by atoms with Gasteiger partial charge in [-0.05, 0) is 19.1 Å². The quantitative estimate of drug-likeness (QED) is 0.886. The highest BCUT2D eigenvalue weighted by Gasteiger charge is 2.23. The third-order valence-electron chi connectivity index (χ3n) is 2.61. The fraction of sp³-hybridized carbons (Fsp3) is 0.167. The van der Waals surface area contributed by atoms with E-state index in [9.17, 15) is 17.2 Å². The summed E-state index contributed by atoms with van der Waals surface area (Å²) in [5.41, 5.74) is -0.519. The third kappa shape index (κ3) is 3.34. The second kappa shape index (κ2) is 5.88. The van der Waals surface area contributed by atoms with Gasteiger partial charge in [-0.15, -0.1) is 11.3 Å². The minimum Gasteiger partial charge on any atom is -0.391 e. The van der Waals surface area contributed by atoms with E-state index >= 15 is 0 Å². The number of aliphatic hydroxyl groups is 1. The van der Waals surface area contributed by atoms with Gasteiger partial charge in [-0.1, -0.05) is 11.6 Å². The molecule has 1 heterocycles. The lowest BCUT2D eigenvalue weighted by Crippen LogP contribution is -2.14. The summed E-state index contributed by atoms with van der Waals surface area (Å²) in [5.74, 6) is -2.02. The lowest BCUT2D eigenvalue weighted by Gasteiger charge is -2.10. The molecule has 2 rings (SSSR count). The van der Waals surface area contributed by atoms with Crippen LogP contribution in [0.3, 0.4) is 0 Å². The molecular formula is C12H10ClF2NO3S2. The Morgan fingerprint density at radius 3 is 2.52 bits per heavy atom. The van der Waals surface area contributed by atoms with E-state index in [4.69, 9.17) is 16.7 Å². The molecule has 0 unspecified atom stereocenters. The van der Waals surface area contributed by atoms with E-state index in [2.05, 4.69) is 0 Å². The van der Waals surface area contributed by atoms with Crippen molar-refractivity contribution < 1.29 is 22.3 Å². The zero-order chi connectivity index (χ0) is 15.8. The first kappa shape index (κ1) is 16.2. The maximum Gasteiger partial charge on any atom is 0.263 e. The van der Waals surface area contributed by atoms with Crippen molar-refractivity contribution in [2.45, 2.75) is 18.4 Å². The van der Waals surface area contributed by atoms with Crippen LogP contribution in [-0.2, 0) is 16.6 Å². The molecular weight excluding hydrogens is 344 g/mol. The van der Waals surface area contributed by atoms with Crippen molar-refractivity contribution in [1.29, 1.82) is 0 Å². The molecule has 2 N–H and O–H groups in total. The molecule has 1 aromatic carbocycles. The topological polar surface area (TPSA) is 66.4 Å². The number of rotatable bonds is 4. The van der Waals surface area contributed by atoms with Gasteiger partial charge in [-0.3, -0.25) is 4.72 Å². The number of benzene rings is 1. The first-order chi connectivity index (χ1) is 9.74. The van der Waals surface area contributed by atoms with Gasteiger partial charge in [0.25, 0.3) is 10.0 Å². The highest BCUT2D eigenvalue weighted by Crippen LogP contribution is 2.31. The summed E-state index contributed by atoms with van der Waals surface area (Å²) in [5, 5.41) is 8.64. The van der Waals surface area contributed by atoms with Gasteiger partial charge >= 0.3 is 0 Å². The first-order valence-electron chi connectivity index (χ1n) is 5.62. The molecule has 0 atom stereocenters. The minimum atomic E-state index is -4.09. The Labute approximate surface area is 129 Å². The van der Waals surface area contributed by atoms with Crippen molar-refractivity contribution in [3.8, 4) is 0 Å². The predicted molar refractivity (Wildman–Crippen MR) is 77.2 cm³/mol. The van der Waals surface area contributed by atoms with Crippen LogP contribution in [0.4, 0.5) is 14.5 Å². The number of thiophene rings is 1. The summed E-state index contributed by atoms with van der Waals surface area (Å²) in [6.45, 7) is 1.26. The van der Waals surface area contributed by atoms with Crippen LogP contribution in [0.25, 0.3) is 0 Å². The molecule has 0 spiro atoms. The highest BCUT2D eigenvalue weighted by atomic mass is 35.5. The van der Waals surface area contributed by atoms with Gasteiger partial charge < -0.3 is 5.11 Å². The van der Waals surface area contributed by atoms with Crippen molar-refractivity contribution in [3.63, 3.8) is 0 Å². The monoisotopic (exact) mass is 353 g/mol. The Morgan fingerprint density at radius 1 is 1.33 bits per heavy atom. The predicted octanol–water partition coefficient (Wildman–Crippen LogP) is 3.28. The van der Waals surface area contributed by atoms with Crippen LogP contribution in [-0.4, -0.2) is 13.5 Å². The second-order valence-electron chi connectivity index (χ2n) is 4.14. The van der Waals surface area contributed by atoms with Crippen molar-refractivity contribution in [2.24, 2.45) is 0 Å². The van der Waals surface area contributed by atoms with Gasteiger partial charge in [-0.25, -0.2) is 17.2 Å². The zero-order valence-electron chi connectivity index (χ0n) is 10.7. The molecule has 0 aliphatic rings. The van der Waals surface area contributed by atoms with Crippen LogP contribution in [0.1, 0.15) is 9.75 Å². The summed E-state index contributed by atoms with van der Waals surface area (Å²) < 4.78 is 53.1. The Bertz CT molecular complexity index is 767. The number of anilines is 1. The number of hydrogen-bond donors (Lipinski definition) is 2. The second-order valence-corrected chi connectivity index (χ2v) is 7.54. The van der Waals surface area contributed by atoms with Crippen LogP contribution >= 0.6 is 22.9 Å². The molecule has 0 saturated heterocycles. The normalized spacial score (nSPS) is 11.7. The van der Waals surface area contributed by atoms with Crippen molar-refractivity contribution in [3.05, 3.63) is 44.6 Å². The summed E-state index contributed by atoms with van der Waals surface area (Å²) in [7, 11) is -4.09. The number of hydrogen-bond acceptors (Lipinski definition) is 4. The van der Waals surface area contributed by atoms with Crippen LogP contribution in [0, 0.1) is 18.6 Å². The largest absolute Gasteiger partial charge is 0.391 e.